The van der Waals surface area contributed by atoms with Crippen molar-refractivity contribution >= 4 is 38.9 Å². The molecule has 1 atom stereocenters. The van der Waals surface area contributed by atoms with Crippen LogP contribution in [0.3, 0.4) is 0 Å². The highest BCUT2D eigenvalue weighted by atomic mass is 35.5. The lowest BCUT2D eigenvalue weighted by atomic mass is 10.1. The predicted molar refractivity (Wildman–Crippen MR) is 115 cm³/mol. The number of hydrogen-bond acceptors (Lipinski definition) is 4. The minimum atomic E-state index is -3.58. The number of sulfonamides is 1. The van der Waals surface area contributed by atoms with Crippen molar-refractivity contribution in [3.05, 3.63) is 53.1 Å². The number of hydrogen-bond donors (Lipinski definition) is 0. The SMILES string of the molecule is CC(=O)N1c2ccc(S(=O)(=O)N3CCN(c4cccc(Cl)c4)CC3)cc2CC1C. The summed E-state index contributed by atoms with van der Waals surface area (Å²) in [6, 6.07) is 12.8. The maximum Gasteiger partial charge on any atom is 0.243 e. The molecule has 0 saturated carbocycles. The summed E-state index contributed by atoms with van der Waals surface area (Å²) in [5.74, 6) is -0.0241. The summed E-state index contributed by atoms with van der Waals surface area (Å²) >= 11 is 6.07. The molecule has 1 amide bonds. The predicted octanol–water partition coefficient (Wildman–Crippen LogP) is 3.15. The number of benzene rings is 2. The van der Waals surface area contributed by atoms with Crippen molar-refractivity contribution in [2.75, 3.05) is 36.0 Å². The minimum Gasteiger partial charge on any atom is -0.369 e. The van der Waals surface area contributed by atoms with Crippen molar-refractivity contribution in [2.45, 2.75) is 31.2 Å². The summed E-state index contributed by atoms with van der Waals surface area (Å²) in [5.41, 5.74) is 2.73. The molecule has 1 saturated heterocycles. The lowest BCUT2D eigenvalue weighted by Crippen LogP contribution is -2.48. The number of amides is 1. The Hall–Kier alpha value is -2.09. The topological polar surface area (TPSA) is 60.9 Å². The van der Waals surface area contributed by atoms with E-state index in [0.29, 0.717) is 42.5 Å². The van der Waals surface area contributed by atoms with Gasteiger partial charge in [0.2, 0.25) is 15.9 Å². The van der Waals surface area contributed by atoms with Crippen LogP contribution in [0, 0.1) is 0 Å². The van der Waals surface area contributed by atoms with Crippen LogP contribution in [-0.2, 0) is 21.2 Å². The van der Waals surface area contributed by atoms with Gasteiger partial charge in [-0.2, -0.15) is 4.31 Å². The van der Waals surface area contributed by atoms with Gasteiger partial charge in [0.15, 0.2) is 0 Å². The molecule has 0 N–H and O–H groups in total. The summed E-state index contributed by atoms with van der Waals surface area (Å²) in [7, 11) is -3.58. The monoisotopic (exact) mass is 433 g/mol. The van der Waals surface area contributed by atoms with E-state index in [1.54, 1.807) is 23.1 Å². The molecule has 0 radical (unpaired) electrons. The molecule has 1 unspecified atom stereocenters. The first-order valence-corrected chi connectivity index (χ1v) is 11.5. The van der Waals surface area contributed by atoms with Gasteiger partial charge in [-0.25, -0.2) is 8.42 Å². The lowest BCUT2D eigenvalue weighted by molar-refractivity contribution is -0.116. The number of anilines is 2. The maximum atomic E-state index is 13.2. The molecule has 2 aliphatic rings. The van der Waals surface area contributed by atoms with Gasteiger partial charge in [-0.3, -0.25) is 4.79 Å². The van der Waals surface area contributed by atoms with Crippen molar-refractivity contribution in [3.63, 3.8) is 0 Å². The molecular weight excluding hydrogens is 410 g/mol. The van der Waals surface area contributed by atoms with Gasteiger partial charge in [-0.15, -0.1) is 0 Å². The highest BCUT2D eigenvalue weighted by Crippen LogP contribution is 2.34. The van der Waals surface area contributed by atoms with E-state index < -0.39 is 10.0 Å². The van der Waals surface area contributed by atoms with Crippen molar-refractivity contribution < 1.29 is 13.2 Å². The summed E-state index contributed by atoms with van der Waals surface area (Å²) in [4.78, 5) is 16.1. The van der Waals surface area contributed by atoms with E-state index in [9.17, 15) is 13.2 Å². The molecule has 0 aliphatic carbocycles. The zero-order valence-electron chi connectivity index (χ0n) is 16.5. The average Bonchev–Trinajstić information content (AvgIpc) is 3.03. The normalized spacial score (nSPS) is 20.0. The first kappa shape index (κ1) is 20.2. The Morgan fingerprint density at radius 3 is 2.45 bits per heavy atom. The quantitative estimate of drug-likeness (QED) is 0.746. The molecular formula is C21H24ClN3O3S. The fourth-order valence-corrected chi connectivity index (χ4v) is 5.91. The Kier molecular flexibility index (Phi) is 5.31. The van der Waals surface area contributed by atoms with E-state index in [-0.39, 0.29) is 11.9 Å². The van der Waals surface area contributed by atoms with Crippen LogP contribution in [0.2, 0.25) is 5.02 Å². The average molecular weight is 434 g/mol. The lowest BCUT2D eigenvalue weighted by Gasteiger charge is -2.35. The molecule has 1 fully saturated rings. The second-order valence-corrected chi connectivity index (χ2v) is 9.98. The fourth-order valence-electron chi connectivity index (χ4n) is 4.26. The van der Waals surface area contributed by atoms with Gasteiger partial charge in [0.25, 0.3) is 0 Å². The Morgan fingerprint density at radius 2 is 1.79 bits per heavy atom. The van der Waals surface area contributed by atoms with E-state index in [1.807, 2.05) is 31.2 Å². The highest BCUT2D eigenvalue weighted by Gasteiger charge is 2.33. The van der Waals surface area contributed by atoms with Crippen LogP contribution in [0.4, 0.5) is 11.4 Å². The zero-order valence-corrected chi connectivity index (χ0v) is 18.1. The standard InChI is InChI=1S/C21H24ClN3O3S/c1-15-12-17-13-20(6-7-21(17)25(15)16(2)26)29(27,28)24-10-8-23(9-11-24)19-5-3-4-18(22)14-19/h3-7,13-15H,8-12H2,1-2H3. The third kappa shape index (κ3) is 3.74. The van der Waals surface area contributed by atoms with Crippen LogP contribution in [0.5, 0.6) is 0 Å². The second kappa shape index (κ2) is 7.63. The van der Waals surface area contributed by atoms with Gasteiger partial charge in [0, 0.05) is 55.5 Å². The number of carbonyl (C=O) groups is 1. The van der Waals surface area contributed by atoms with E-state index in [1.165, 1.54) is 11.2 Å². The Morgan fingerprint density at radius 1 is 1.07 bits per heavy atom. The third-order valence-electron chi connectivity index (χ3n) is 5.66. The summed E-state index contributed by atoms with van der Waals surface area (Å²) in [6.45, 7) is 5.57. The van der Waals surface area contributed by atoms with Crippen molar-refractivity contribution in [1.82, 2.24) is 4.31 Å². The van der Waals surface area contributed by atoms with E-state index in [0.717, 1.165) is 16.9 Å². The zero-order chi connectivity index (χ0) is 20.8. The number of nitrogens with zero attached hydrogens (tertiary/aromatic N) is 3. The second-order valence-electron chi connectivity index (χ2n) is 7.60. The first-order valence-electron chi connectivity index (χ1n) is 9.71. The summed E-state index contributed by atoms with van der Waals surface area (Å²) < 4.78 is 27.9. The number of fused-ring (bicyclic) bond motifs is 1. The van der Waals surface area contributed by atoms with Crippen LogP contribution in [0.15, 0.2) is 47.4 Å². The van der Waals surface area contributed by atoms with Crippen LogP contribution in [0.1, 0.15) is 19.4 Å². The largest absolute Gasteiger partial charge is 0.369 e. The molecule has 154 valence electrons. The van der Waals surface area contributed by atoms with E-state index in [4.69, 9.17) is 11.6 Å². The molecule has 2 aromatic carbocycles. The molecule has 6 nitrogen and oxygen atoms in total. The van der Waals surface area contributed by atoms with Crippen LogP contribution < -0.4 is 9.80 Å². The minimum absolute atomic E-state index is 0.0241. The molecule has 0 spiro atoms. The number of halogens is 1. The summed E-state index contributed by atoms with van der Waals surface area (Å²) in [5, 5.41) is 0.671. The molecule has 29 heavy (non-hydrogen) atoms. The Labute approximate surface area is 176 Å². The molecule has 0 bridgehead atoms. The molecule has 2 aliphatic heterocycles. The van der Waals surface area contributed by atoms with Gasteiger partial charge >= 0.3 is 0 Å². The van der Waals surface area contributed by atoms with E-state index in [2.05, 4.69) is 4.90 Å². The number of carbonyl (C=O) groups excluding carboxylic acids is 1. The first-order chi connectivity index (χ1) is 13.8. The van der Waals surface area contributed by atoms with Crippen LogP contribution >= 0.6 is 11.6 Å². The summed E-state index contributed by atoms with van der Waals surface area (Å²) in [6.07, 6.45) is 0.667. The van der Waals surface area contributed by atoms with Crippen molar-refractivity contribution in [1.29, 1.82) is 0 Å². The molecule has 4 rings (SSSR count). The molecule has 2 aromatic rings. The number of rotatable bonds is 3. The van der Waals surface area contributed by atoms with Crippen molar-refractivity contribution in [3.8, 4) is 0 Å². The molecule has 2 heterocycles. The van der Waals surface area contributed by atoms with Crippen molar-refractivity contribution in [2.24, 2.45) is 0 Å². The Balaban J connectivity index is 1.52. The molecule has 0 aromatic heterocycles. The van der Waals surface area contributed by atoms with Gasteiger partial charge in [-0.05, 0) is 55.3 Å². The fraction of sp³-hybridized carbons (Fsp3) is 0.381. The highest BCUT2D eigenvalue weighted by molar-refractivity contribution is 7.89. The van der Waals surface area contributed by atoms with E-state index >= 15 is 0 Å². The van der Waals surface area contributed by atoms with Crippen LogP contribution in [-0.4, -0.2) is 50.9 Å². The van der Waals surface area contributed by atoms with Gasteiger partial charge in [-0.1, -0.05) is 17.7 Å². The smallest absolute Gasteiger partial charge is 0.243 e. The van der Waals surface area contributed by atoms with Gasteiger partial charge in [0.05, 0.1) is 4.90 Å². The third-order valence-corrected chi connectivity index (χ3v) is 7.79. The van der Waals surface area contributed by atoms with Gasteiger partial charge < -0.3 is 9.80 Å². The Bertz CT molecular complexity index is 1050. The number of piperazine rings is 1. The van der Waals surface area contributed by atoms with Crippen LogP contribution in [0.25, 0.3) is 0 Å². The molecule has 8 heteroatoms. The van der Waals surface area contributed by atoms with Gasteiger partial charge in [0.1, 0.15) is 0 Å². The maximum absolute atomic E-state index is 13.2.